The van der Waals surface area contributed by atoms with Gasteiger partial charge in [0.2, 0.25) is 5.91 Å². The smallest absolute Gasteiger partial charge is 0.259 e. The number of nitrogens with two attached hydrogens (primary N) is 1. The second kappa shape index (κ2) is 6.93. The summed E-state index contributed by atoms with van der Waals surface area (Å²) in [5, 5.41) is 3.92. The molecule has 2 aliphatic rings. The van der Waals surface area contributed by atoms with E-state index < -0.39 is 0 Å². The van der Waals surface area contributed by atoms with E-state index in [4.69, 9.17) is 15.0 Å². The molecule has 1 aromatic heterocycles. The summed E-state index contributed by atoms with van der Waals surface area (Å²) < 4.78 is 11.0. The summed E-state index contributed by atoms with van der Waals surface area (Å²) in [4.78, 5) is 26.2. The topological polar surface area (TPSA) is 98.7 Å². The fourth-order valence-electron chi connectivity index (χ4n) is 3.90. The molecule has 0 unspecified atom stereocenters. The highest BCUT2D eigenvalue weighted by atomic mass is 16.5. The first-order valence-electron chi connectivity index (χ1n) is 8.68. The van der Waals surface area contributed by atoms with Crippen LogP contribution in [0.5, 0.6) is 0 Å². The number of aryl methyl sites for hydroxylation is 2. The average molecular weight is 335 g/mol. The predicted molar refractivity (Wildman–Crippen MR) is 86.3 cm³/mol. The van der Waals surface area contributed by atoms with E-state index in [1.165, 1.54) is 0 Å². The zero-order chi connectivity index (χ0) is 17.3. The van der Waals surface area contributed by atoms with Gasteiger partial charge in [0, 0.05) is 26.1 Å². The molecule has 7 nitrogen and oxygen atoms in total. The molecule has 2 atom stereocenters. The van der Waals surface area contributed by atoms with E-state index in [9.17, 15) is 9.59 Å². The first-order chi connectivity index (χ1) is 11.5. The van der Waals surface area contributed by atoms with Gasteiger partial charge in [0.05, 0.1) is 17.7 Å². The van der Waals surface area contributed by atoms with E-state index in [1.807, 2.05) is 11.8 Å². The number of ether oxygens (including phenoxy) is 1. The molecule has 2 fully saturated rings. The lowest BCUT2D eigenvalue weighted by Gasteiger charge is -2.35. The monoisotopic (exact) mass is 335 g/mol. The third-order valence-electron chi connectivity index (χ3n) is 5.26. The van der Waals surface area contributed by atoms with Crippen LogP contribution in [0.25, 0.3) is 0 Å². The van der Waals surface area contributed by atoms with Crippen molar-refractivity contribution >= 4 is 11.8 Å². The van der Waals surface area contributed by atoms with Crippen LogP contribution in [0.4, 0.5) is 0 Å². The number of piperidine rings is 1. The minimum absolute atomic E-state index is 0.0113. The Labute approximate surface area is 141 Å². The van der Waals surface area contributed by atoms with Crippen LogP contribution in [0.15, 0.2) is 4.52 Å². The molecule has 0 spiro atoms. The Kier molecular flexibility index (Phi) is 4.89. The van der Waals surface area contributed by atoms with Crippen molar-refractivity contribution in [2.24, 2.45) is 17.6 Å². The van der Waals surface area contributed by atoms with Crippen molar-refractivity contribution in [3.63, 3.8) is 0 Å². The Balaban J connectivity index is 1.64. The molecule has 0 aliphatic carbocycles. The van der Waals surface area contributed by atoms with Crippen LogP contribution >= 0.6 is 0 Å². The summed E-state index contributed by atoms with van der Waals surface area (Å²) in [5.41, 5.74) is 6.73. The number of hydrogen-bond donors (Lipinski definition) is 1. The molecule has 0 bridgehead atoms. The van der Waals surface area contributed by atoms with Crippen LogP contribution in [-0.4, -0.2) is 47.7 Å². The third-order valence-corrected chi connectivity index (χ3v) is 5.26. The molecule has 132 valence electrons. The van der Waals surface area contributed by atoms with Crippen LogP contribution in [0.1, 0.15) is 48.0 Å². The first-order valence-corrected chi connectivity index (χ1v) is 8.68. The van der Waals surface area contributed by atoms with Crippen LogP contribution in [-0.2, 0) is 16.0 Å². The van der Waals surface area contributed by atoms with Gasteiger partial charge in [0.25, 0.3) is 5.91 Å². The Morgan fingerprint density at radius 1 is 1.29 bits per heavy atom. The van der Waals surface area contributed by atoms with E-state index in [-0.39, 0.29) is 29.8 Å². The van der Waals surface area contributed by atoms with E-state index in [1.54, 1.807) is 6.92 Å². The second-order valence-electron chi connectivity index (χ2n) is 6.68. The van der Waals surface area contributed by atoms with Crippen molar-refractivity contribution in [3.8, 4) is 0 Å². The standard InChI is InChI=1S/C17H25N3O4/c1-3-13-14(10(2)19-24-13)17(22)20-7-4-11(5-8-20)15-12(16(18)21)6-9-23-15/h11-12,15H,3-9H2,1-2H3,(H2,18,21)/t12-,15+/m0/s1. The summed E-state index contributed by atoms with van der Waals surface area (Å²) in [6.45, 7) is 5.65. The van der Waals surface area contributed by atoms with Gasteiger partial charge in [0.1, 0.15) is 11.3 Å². The highest BCUT2D eigenvalue weighted by Gasteiger charge is 2.40. The first kappa shape index (κ1) is 17.0. The number of nitrogens with zero attached hydrogens (tertiary/aromatic N) is 2. The fraction of sp³-hybridized carbons (Fsp3) is 0.706. The molecular weight excluding hydrogens is 310 g/mol. The Morgan fingerprint density at radius 3 is 2.62 bits per heavy atom. The number of primary amides is 1. The lowest BCUT2D eigenvalue weighted by Crippen LogP contribution is -2.44. The average Bonchev–Trinajstić information content (AvgIpc) is 3.21. The zero-order valence-electron chi connectivity index (χ0n) is 14.3. The molecule has 2 amide bonds. The minimum Gasteiger partial charge on any atom is -0.377 e. The number of likely N-dealkylation sites (tertiary alicyclic amines) is 1. The maximum absolute atomic E-state index is 12.8. The van der Waals surface area contributed by atoms with Crippen LogP contribution in [0.2, 0.25) is 0 Å². The van der Waals surface area contributed by atoms with Gasteiger partial charge in [-0.3, -0.25) is 9.59 Å². The third kappa shape index (κ3) is 3.05. The molecule has 3 heterocycles. The lowest BCUT2D eigenvalue weighted by atomic mass is 9.84. The maximum atomic E-state index is 12.8. The molecule has 0 saturated carbocycles. The van der Waals surface area contributed by atoms with Gasteiger partial charge in [-0.2, -0.15) is 0 Å². The normalized spacial score (nSPS) is 25.2. The van der Waals surface area contributed by atoms with Gasteiger partial charge in [-0.15, -0.1) is 0 Å². The number of carbonyl (C=O) groups is 2. The number of amides is 2. The van der Waals surface area contributed by atoms with Crippen LogP contribution < -0.4 is 5.73 Å². The Morgan fingerprint density at radius 2 is 2.00 bits per heavy atom. The molecule has 7 heteroatoms. The molecule has 0 aromatic carbocycles. The van der Waals surface area contributed by atoms with Crippen LogP contribution in [0.3, 0.4) is 0 Å². The molecular formula is C17H25N3O4. The second-order valence-corrected chi connectivity index (χ2v) is 6.68. The molecule has 2 N–H and O–H groups in total. The van der Waals surface area contributed by atoms with E-state index in [2.05, 4.69) is 5.16 Å². The number of hydrogen-bond acceptors (Lipinski definition) is 5. The van der Waals surface area contributed by atoms with Gasteiger partial charge < -0.3 is 19.9 Å². The summed E-state index contributed by atoms with van der Waals surface area (Å²) in [6.07, 6.45) is 2.91. The van der Waals surface area contributed by atoms with Crippen LogP contribution in [0, 0.1) is 18.8 Å². The van der Waals surface area contributed by atoms with E-state index in [0.717, 1.165) is 12.8 Å². The van der Waals surface area contributed by atoms with Crippen molar-refractivity contribution < 1.29 is 18.8 Å². The molecule has 2 saturated heterocycles. The molecule has 1 aromatic rings. The van der Waals surface area contributed by atoms with Gasteiger partial charge >= 0.3 is 0 Å². The van der Waals surface area contributed by atoms with E-state index >= 15 is 0 Å². The van der Waals surface area contributed by atoms with Crippen molar-refractivity contribution in [2.75, 3.05) is 19.7 Å². The molecule has 2 aliphatic heterocycles. The Hall–Kier alpha value is -1.89. The number of carbonyl (C=O) groups excluding carboxylic acids is 2. The largest absolute Gasteiger partial charge is 0.377 e. The summed E-state index contributed by atoms with van der Waals surface area (Å²) >= 11 is 0. The molecule has 3 rings (SSSR count). The summed E-state index contributed by atoms with van der Waals surface area (Å²) in [6, 6.07) is 0. The summed E-state index contributed by atoms with van der Waals surface area (Å²) in [5.74, 6) is 0.451. The van der Waals surface area contributed by atoms with Gasteiger partial charge in [-0.1, -0.05) is 12.1 Å². The van der Waals surface area contributed by atoms with Gasteiger partial charge in [-0.25, -0.2) is 0 Å². The highest BCUT2D eigenvalue weighted by Crippen LogP contribution is 2.33. The molecule has 24 heavy (non-hydrogen) atoms. The maximum Gasteiger partial charge on any atom is 0.259 e. The van der Waals surface area contributed by atoms with Crippen molar-refractivity contribution in [1.82, 2.24) is 10.1 Å². The number of aromatic nitrogens is 1. The Bertz CT molecular complexity index is 619. The minimum atomic E-state index is -0.274. The fourth-order valence-corrected chi connectivity index (χ4v) is 3.90. The highest BCUT2D eigenvalue weighted by molar-refractivity contribution is 5.96. The quantitative estimate of drug-likeness (QED) is 0.894. The lowest BCUT2D eigenvalue weighted by molar-refractivity contribution is -0.124. The molecule has 0 radical (unpaired) electrons. The summed E-state index contributed by atoms with van der Waals surface area (Å²) in [7, 11) is 0. The predicted octanol–water partition coefficient (Wildman–Crippen LogP) is 1.29. The van der Waals surface area contributed by atoms with E-state index in [0.29, 0.717) is 49.6 Å². The van der Waals surface area contributed by atoms with Crippen molar-refractivity contribution in [3.05, 3.63) is 17.0 Å². The van der Waals surface area contributed by atoms with Gasteiger partial charge in [0.15, 0.2) is 0 Å². The number of rotatable bonds is 4. The van der Waals surface area contributed by atoms with Gasteiger partial charge in [-0.05, 0) is 32.1 Å². The van der Waals surface area contributed by atoms with Crippen molar-refractivity contribution in [2.45, 2.75) is 45.6 Å². The van der Waals surface area contributed by atoms with Crippen molar-refractivity contribution in [1.29, 1.82) is 0 Å². The zero-order valence-corrected chi connectivity index (χ0v) is 14.3. The SMILES string of the molecule is CCc1onc(C)c1C(=O)N1CCC([C@H]2OCC[C@@H]2C(N)=O)CC1.